The second-order valence-electron chi connectivity index (χ2n) is 3.04. The lowest BCUT2D eigenvalue weighted by molar-refractivity contribution is 0.595. The largest absolute Gasteiger partial charge is 0.303 e. The second kappa shape index (κ2) is 6.08. The molecular formula is C11H14ClNS. The Morgan fingerprint density at radius 3 is 2.93 bits per heavy atom. The SMILES string of the molecule is C#CC(CC)NCCc1ccc(Cl)s1. The van der Waals surface area contributed by atoms with Crippen LogP contribution in [0.1, 0.15) is 18.2 Å². The van der Waals surface area contributed by atoms with E-state index in [-0.39, 0.29) is 6.04 Å². The maximum atomic E-state index is 5.82. The number of thiophene rings is 1. The number of halogens is 1. The summed E-state index contributed by atoms with van der Waals surface area (Å²) in [6.45, 7) is 3.00. The Bertz CT molecular complexity index is 313. The summed E-state index contributed by atoms with van der Waals surface area (Å²) in [5, 5.41) is 3.30. The summed E-state index contributed by atoms with van der Waals surface area (Å²) in [6.07, 6.45) is 7.31. The van der Waals surface area contributed by atoms with Gasteiger partial charge in [-0.25, -0.2) is 0 Å². The van der Waals surface area contributed by atoms with Crippen molar-refractivity contribution in [1.29, 1.82) is 0 Å². The highest BCUT2D eigenvalue weighted by molar-refractivity contribution is 7.16. The smallest absolute Gasteiger partial charge is 0.0931 e. The predicted molar refractivity (Wildman–Crippen MR) is 63.9 cm³/mol. The van der Waals surface area contributed by atoms with Crippen molar-refractivity contribution in [2.24, 2.45) is 0 Å². The highest BCUT2D eigenvalue weighted by Crippen LogP contribution is 2.21. The van der Waals surface area contributed by atoms with Crippen LogP contribution < -0.4 is 5.32 Å². The average Bonchev–Trinajstić information content (AvgIpc) is 2.59. The lowest BCUT2D eigenvalue weighted by atomic mass is 10.2. The molecule has 76 valence electrons. The van der Waals surface area contributed by atoms with Gasteiger partial charge in [0, 0.05) is 11.4 Å². The van der Waals surface area contributed by atoms with Crippen molar-refractivity contribution < 1.29 is 0 Å². The lowest BCUT2D eigenvalue weighted by Gasteiger charge is -2.09. The van der Waals surface area contributed by atoms with Crippen molar-refractivity contribution in [3.8, 4) is 12.3 Å². The van der Waals surface area contributed by atoms with Crippen LogP contribution in [0, 0.1) is 12.3 Å². The van der Waals surface area contributed by atoms with Crippen LogP contribution in [0.5, 0.6) is 0 Å². The van der Waals surface area contributed by atoms with Crippen molar-refractivity contribution in [3.05, 3.63) is 21.3 Å². The number of terminal acetylenes is 1. The van der Waals surface area contributed by atoms with E-state index < -0.39 is 0 Å². The Labute approximate surface area is 94.5 Å². The van der Waals surface area contributed by atoms with Crippen LogP contribution in [-0.4, -0.2) is 12.6 Å². The molecule has 0 saturated carbocycles. The fraction of sp³-hybridized carbons (Fsp3) is 0.455. The molecule has 0 radical (unpaired) electrons. The zero-order chi connectivity index (χ0) is 10.4. The summed E-state index contributed by atoms with van der Waals surface area (Å²) in [4.78, 5) is 1.30. The van der Waals surface area contributed by atoms with E-state index in [0.29, 0.717) is 0 Å². The Balaban J connectivity index is 2.25. The minimum absolute atomic E-state index is 0.199. The summed E-state index contributed by atoms with van der Waals surface area (Å²) in [7, 11) is 0. The maximum absolute atomic E-state index is 5.82. The quantitative estimate of drug-likeness (QED) is 0.763. The predicted octanol–water partition coefficient (Wildman–Crippen LogP) is 2.95. The molecule has 0 saturated heterocycles. The van der Waals surface area contributed by atoms with Gasteiger partial charge in [0.15, 0.2) is 0 Å². The topological polar surface area (TPSA) is 12.0 Å². The minimum atomic E-state index is 0.199. The molecule has 1 unspecified atom stereocenters. The van der Waals surface area contributed by atoms with Crippen LogP contribution >= 0.6 is 22.9 Å². The zero-order valence-electron chi connectivity index (χ0n) is 8.22. The van der Waals surface area contributed by atoms with E-state index in [1.165, 1.54) is 4.88 Å². The fourth-order valence-electron chi connectivity index (χ4n) is 1.18. The molecule has 1 atom stereocenters. The molecule has 1 rings (SSSR count). The molecule has 0 aliphatic heterocycles. The van der Waals surface area contributed by atoms with Crippen LogP contribution in [0.25, 0.3) is 0 Å². The van der Waals surface area contributed by atoms with Gasteiger partial charge in [-0.15, -0.1) is 17.8 Å². The zero-order valence-corrected chi connectivity index (χ0v) is 9.79. The molecule has 0 bridgehead atoms. The Morgan fingerprint density at radius 2 is 2.43 bits per heavy atom. The van der Waals surface area contributed by atoms with Crippen molar-refractivity contribution >= 4 is 22.9 Å². The molecule has 3 heteroatoms. The fourth-order valence-corrected chi connectivity index (χ4v) is 2.26. The van der Waals surface area contributed by atoms with Gasteiger partial charge in [0.25, 0.3) is 0 Å². The summed E-state index contributed by atoms with van der Waals surface area (Å²) in [5.41, 5.74) is 0. The van der Waals surface area contributed by atoms with E-state index >= 15 is 0 Å². The first kappa shape index (κ1) is 11.6. The van der Waals surface area contributed by atoms with Crippen LogP contribution in [-0.2, 0) is 6.42 Å². The normalized spacial score (nSPS) is 12.4. The Hall–Kier alpha value is -0.490. The third-order valence-corrected chi connectivity index (χ3v) is 3.29. The third-order valence-electron chi connectivity index (χ3n) is 2.00. The molecular weight excluding hydrogens is 214 g/mol. The van der Waals surface area contributed by atoms with Gasteiger partial charge in [-0.2, -0.15) is 0 Å². The molecule has 14 heavy (non-hydrogen) atoms. The van der Waals surface area contributed by atoms with Gasteiger partial charge in [-0.05, 0) is 25.0 Å². The van der Waals surface area contributed by atoms with E-state index in [9.17, 15) is 0 Å². The summed E-state index contributed by atoms with van der Waals surface area (Å²) < 4.78 is 0.851. The van der Waals surface area contributed by atoms with Gasteiger partial charge in [-0.3, -0.25) is 0 Å². The first-order valence-corrected chi connectivity index (χ1v) is 5.89. The maximum Gasteiger partial charge on any atom is 0.0931 e. The van der Waals surface area contributed by atoms with Gasteiger partial charge < -0.3 is 5.32 Å². The first-order chi connectivity index (χ1) is 6.76. The van der Waals surface area contributed by atoms with E-state index in [0.717, 1.165) is 23.7 Å². The molecule has 0 fully saturated rings. The molecule has 1 N–H and O–H groups in total. The molecule has 1 heterocycles. The van der Waals surface area contributed by atoms with Crippen LogP contribution in [0.4, 0.5) is 0 Å². The molecule has 0 aliphatic carbocycles. The monoisotopic (exact) mass is 227 g/mol. The number of hydrogen-bond donors (Lipinski definition) is 1. The van der Waals surface area contributed by atoms with E-state index in [1.54, 1.807) is 11.3 Å². The molecule has 1 aromatic rings. The summed E-state index contributed by atoms with van der Waals surface area (Å²) in [6, 6.07) is 4.19. The Morgan fingerprint density at radius 1 is 1.64 bits per heavy atom. The van der Waals surface area contributed by atoms with Gasteiger partial charge in [-0.1, -0.05) is 24.4 Å². The highest BCUT2D eigenvalue weighted by atomic mass is 35.5. The molecule has 0 aliphatic rings. The minimum Gasteiger partial charge on any atom is -0.303 e. The number of hydrogen-bond acceptors (Lipinski definition) is 2. The third kappa shape index (κ3) is 3.71. The summed E-state index contributed by atoms with van der Waals surface area (Å²) in [5.74, 6) is 2.71. The van der Waals surface area contributed by atoms with Crippen LogP contribution in [0.3, 0.4) is 0 Å². The Kier molecular flexibility index (Phi) is 5.03. The lowest BCUT2D eigenvalue weighted by Crippen LogP contribution is -2.28. The second-order valence-corrected chi connectivity index (χ2v) is 4.84. The van der Waals surface area contributed by atoms with Crippen LogP contribution in [0.15, 0.2) is 12.1 Å². The first-order valence-electron chi connectivity index (χ1n) is 4.70. The molecule has 0 aromatic carbocycles. The van der Waals surface area contributed by atoms with Crippen molar-refractivity contribution in [2.45, 2.75) is 25.8 Å². The molecule has 1 nitrogen and oxygen atoms in total. The average molecular weight is 228 g/mol. The van der Waals surface area contributed by atoms with E-state index in [4.69, 9.17) is 18.0 Å². The number of nitrogens with one attached hydrogen (secondary N) is 1. The van der Waals surface area contributed by atoms with Crippen molar-refractivity contribution in [1.82, 2.24) is 5.32 Å². The summed E-state index contributed by atoms with van der Waals surface area (Å²) >= 11 is 7.45. The highest BCUT2D eigenvalue weighted by Gasteiger charge is 2.01. The van der Waals surface area contributed by atoms with Crippen molar-refractivity contribution in [3.63, 3.8) is 0 Å². The number of rotatable bonds is 5. The van der Waals surface area contributed by atoms with Gasteiger partial charge in [0.2, 0.25) is 0 Å². The van der Waals surface area contributed by atoms with Crippen molar-refractivity contribution in [2.75, 3.05) is 6.54 Å². The molecule has 0 amide bonds. The van der Waals surface area contributed by atoms with E-state index in [2.05, 4.69) is 24.2 Å². The molecule has 1 aromatic heterocycles. The van der Waals surface area contributed by atoms with Gasteiger partial charge >= 0.3 is 0 Å². The van der Waals surface area contributed by atoms with E-state index in [1.807, 2.05) is 6.07 Å². The van der Waals surface area contributed by atoms with Gasteiger partial charge in [0.05, 0.1) is 10.4 Å². The van der Waals surface area contributed by atoms with Crippen LogP contribution in [0.2, 0.25) is 4.34 Å². The molecule has 0 spiro atoms. The standard InChI is InChI=1S/C11H14ClNS/c1-3-9(4-2)13-8-7-10-5-6-11(12)14-10/h1,5-6,9,13H,4,7-8H2,2H3. The van der Waals surface area contributed by atoms with Gasteiger partial charge in [0.1, 0.15) is 0 Å².